The lowest BCUT2D eigenvalue weighted by Crippen LogP contribution is -2.54. The first-order valence-electron chi connectivity index (χ1n) is 3.90. The second kappa shape index (κ2) is 2.93. The topological polar surface area (TPSA) is 68.2 Å². The van der Waals surface area contributed by atoms with Gasteiger partial charge < -0.3 is 24.4 Å². The van der Waals surface area contributed by atoms with Crippen LogP contribution in [0.2, 0.25) is 0 Å². The molecule has 0 spiro atoms. The van der Waals surface area contributed by atoms with E-state index in [0.717, 1.165) is 0 Å². The minimum absolute atomic E-state index is 0.251. The predicted molar refractivity (Wildman–Crippen MR) is 37.4 cm³/mol. The maximum absolute atomic E-state index is 9.48. The molecule has 0 aromatic heterocycles. The predicted octanol–water partition coefficient (Wildman–Crippen LogP) is -1.52. The lowest BCUT2D eigenvalue weighted by molar-refractivity contribution is -0.233. The van der Waals surface area contributed by atoms with Crippen LogP contribution in [0.3, 0.4) is 0 Å². The third-order valence-corrected chi connectivity index (χ3v) is 2.34. The minimum atomic E-state index is -1.01. The van der Waals surface area contributed by atoms with Crippen LogP contribution >= 0.6 is 0 Å². The van der Waals surface area contributed by atoms with E-state index in [-0.39, 0.29) is 6.10 Å². The van der Waals surface area contributed by atoms with E-state index in [9.17, 15) is 10.2 Å². The van der Waals surface area contributed by atoms with Gasteiger partial charge in [0.15, 0.2) is 6.29 Å². The van der Waals surface area contributed by atoms with Crippen LogP contribution in [0.5, 0.6) is 0 Å². The van der Waals surface area contributed by atoms with Gasteiger partial charge in [0, 0.05) is 7.11 Å². The van der Waals surface area contributed by atoms with Gasteiger partial charge in [-0.2, -0.15) is 0 Å². The molecule has 5 atom stereocenters. The fraction of sp³-hybridized carbons (Fsp3) is 1.00. The van der Waals surface area contributed by atoms with Crippen molar-refractivity contribution in [3.63, 3.8) is 0 Å². The van der Waals surface area contributed by atoms with Gasteiger partial charge in [-0.3, -0.25) is 0 Å². The number of aliphatic hydroxyl groups excluding tert-OH is 2. The van der Waals surface area contributed by atoms with Crippen molar-refractivity contribution in [1.82, 2.24) is 0 Å². The Labute approximate surface area is 69.8 Å². The highest BCUT2D eigenvalue weighted by molar-refractivity contribution is 4.93. The lowest BCUT2D eigenvalue weighted by Gasteiger charge is -2.34. The summed E-state index contributed by atoms with van der Waals surface area (Å²) in [5, 5.41) is 18.9. The molecule has 5 nitrogen and oxygen atoms in total. The molecule has 2 heterocycles. The Morgan fingerprint density at radius 2 is 2.08 bits per heavy atom. The number of hydrogen-bond donors (Lipinski definition) is 2. The smallest absolute Gasteiger partial charge is 0.186 e. The summed E-state index contributed by atoms with van der Waals surface area (Å²) in [6.45, 7) is 0.372. The molecule has 0 saturated carbocycles. The summed E-state index contributed by atoms with van der Waals surface area (Å²) in [4.78, 5) is 0. The van der Waals surface area contributed by atoms with Gasteiger partial charge in [0.2, 0.25) is 0 Å². The van der Waals surface area contributed by atoms with Crippen molar-refractivity contribution in [2.24, 2.45) is 0 Å². The van der Waals surface area contributed by atoms with Crippen LogP contribution in [0.1, 0.15) is 0 Å². The summed E-state index contributed by atoms with van der Waals surface area (Å²) in [6, 6.07) is 0. The van der Waals surface area contributed by atoms with Crippen molar-refractivity contribution in [2.75, 3.05) is 13.7 Å². The highest BCUT2D eigenvalue weighted by Gasteiger charge is 2.49. The van der Waals surface area contributed by atoms with E-state index in [4.69, 9.17) is 14.2 Å². The van der Waals surface area contributed by atoms with Gasteiger partial charge in [-0.05, 0) is 0 Å². The van der Waals surface area contributed by atoms with E-state index < -0.39 is 24.6 Å². The average Bonchev–Trinajstić information content (AvgIpc) is 2.49. The molecule has 2 aliphatic rings. The van der Waals surface area contributed by atoms with E-state index in [1.807, 2.05) is 0 Å². The van der Waals surface area contributed by atoms with Gasteiger partial charge in [0.1, 0.15) is 24.4 Å². The molecular weight excluding hydrogens is 164 g/mol. The van der Waals surface area contributed by atoms with Gasteiger partial charge in [-0.1, -0.05) is 0 Å². The van der Waals surface area contributed by atoms with Crippen LogP contribution in [0.4, 0.5) is 0 Å². The van der Waals surface area contributed by atoms with E-state index >= 15 is 0 Å². The number of methoxy groups -OCH3 is 1. The van der Waals surface area contributed by atoms with E-state index in [0.29, 0.717) is 6.61 Å². The third kappa shape index (κ3) is 1.06. The Hall–Kier alpha value is -0.200. The first kappa shape index (κ1) is 8.40. The van der Waals surface area contributed by atoms with Crippen molar-refractivity contribution in [3.05, 3.63) is 0 Å². The van der Waals surface area contributed by atoms with Crippen LogP contribution in [-0.4, -0.2) is 54.6 Å². The molecule has 0 aromatic rings. The maximum atomic E-state index is 9.48. The molecule has 70 valence electrons. The molecule has 2 bridgehead atoms. The Morgan fingerprint density at radius 3 is 2.75 bits per heavy atom. The minimum Gasteiger partial charge on any atom is -0.387 e. The molecule has 0 aromatic carbocycles. The van der Waals surface area contributed by atoms with Crippen LogP contribution in [0.15, 0.2) is 0 Å². The summed E-state index contributed by atoms with van der Waals surface area (Å²) < 4.78 is 15.3. The average molecular weight is 176 g/mol. The number of aliphatic hydroxyl groups is 2. The van der Waals surface area contributed by atoms with Crippen molar-refractivity contribution < 1.29 is 24.4 Å². The molecule has 2 rings (SSSR count). The molecule has 0 aliphatic carbocycles. The molecule has 0 unspecified atom stereocenters. The van der Waals surface area contributed by atoms with Crippen LogP contribution in [-0.2, 0) is 14.2 Å². The van der Waals surface area contributed by atoms with Crippen molar-refractivity contribution in [2.45, 2.75) is 30.7 Å². The van der Waals surface area contributed by atoms with Gasteiger partial charge in [0.05, 0.1) is 6.61 Å². The second-order valence-electron chi connectivity index (χ2n) is 3.06. The normalized spacial score (nSPS) is 52.8. The third-order valence-electron chi connectivity index (χ3n) is 2.34. The molecular formula is C7H12O5. The van der Waals surface area contributed by atoms with Crippen molar-refractivity contribution >= 4 is 0 Å². The number of ether oxygens (including phenoxy) is 3. The maximum Gasteiger partial charge on any atom is 0.186 e. The zero-order valence-corrected chi connectivity index (χ0v) is 6.71. The van der Waals surface area contributed by atoms with E-state index in [1.54, 1.807) is 0 Å². The Bertz CT molecular complexity index is 173. The molecule has 2 saturated heterocycles. The summed E-state index contributed by atoms with van der Waals surface area (Å²) in [5.74, 6) is 0. The Morgan fingerprint density at radius 1 is 1.33 bits per heavy atom. The molecule has 2 aliphatic heterocycles. The SMILES string of the molecule is CO[C@@H]1[C@H](O)[C@@H](O)[C@@H]2OC[C@H]1O2. The van der Waals surface area contributed by atoms with Crippen LogP contribution in [0.25, 0.3) is 0 Å². The Kier molecular flexibility index (Phi) is 2.05. The largest absolute Gasteiger partial charge is 0.387 e. The molecule has 5 heteroatoms. The standard InChI is InChI=1S/C7H12O5/c1-10-6-3-2-11-7(12-3)5(9)4(6)8/h3-9H,2H2,1H3/t3-,4-,5-,6+,7-/m1/s1. The van der Waals surface area contributed by atoms with Gasteiger partial charge in [-0.25, -0.2) is 0 Å². The van der Waals surface area contributed by atoms with Crippen LogP contribution in [0, 0.1) is 0 Å². The highest BCUT2D eigenvalue weighted by atomic mass is 16.7. The molecule has 2 fully saturated rings. The fourth-order valence-electron chi connectivity index (χ4n) is 1.66. The van der Waals surface area contributed by atoms with Gasteiger partial charge >= 0.3 is 0 Å². The first-order chi connectivity index (χ1) is 5.74. The quantitative estimate of drug-likeness (QED) is 0.507. The summed E-state index contributed by atoms with van der Waals surface area (Å²) >= 11 is 0. The van der Waals surface area contributed by atoms with Gasteiger partial charge in [0.25, 0.3) is 0 Å². The lowest BCUT2D eigenvalue weighted by atomic mass is 10.0. The number of fused-ring (bicyclic) bond motifs is 2. The van der Waals surface area contributed by atoms with E-state index in [2.05, 4.69) is 0 Å². The number of rotatable bonds is 1. The number of hydrogen-bond acceptors (Lipinski definition) is 5. The Balaban J connectivity index is 2.14. The monoisotopic (exact) mass is 176 g/mol. The first-order valence-corrected chi connectivity index (χ1v) is 3.90. The molecule has 2 N–H and O–H groups in total. The van der Waals surface area contributed by atoms with Crippen LogP contribution < -0.4 is 0 Å². The second-order valence-corrected chi connectivity index (χ2v) is 3.06. The zero-order valence-electron chi connectivity index (χ0n) is 6.71. The molecule has 12 heavy (non-hydrogen) atoms. The highest BCUT2D eigenvalue weighted by Crippen LogP contribution is 2.29. The van der Waals surface area contributed by atoms with E-state index in [1.165, 1.54) is 7.11 Å². The van der Waals surface area contributed by atoms with Crippen molar-refractivity contribution in [3.8, 4) is 0 Å². The van der Waals surface area contributed by atoms with Crippen molar-refractivity contribution in [1.29, 1.82) is 0 Å². The molecule has 0 radical (unpaired) electrons. The summed E-state index contributed by atoms with van der Waals surface area (Å²) in [6.07, 6.45) is -3.34. The summed E-state index contributed by atoms with van der Waals surface area (Å²) in [7, 11) is 1.47. The van der Waals surface area contributed by atoms with Gasteiger partial charge in [-0.15, -0.1) is 0 Å². The fourth-order valence-corrected chi connectivity index (χ4v) is 1.66. The summed E-state index contributed by atoms with van der Waals surface area (Å²) in [5.41, 5.74) is 0. The zero-order chi connectivity index (χ0) is 8.72. The molecule has 0 amide bonds.